The summed E-state index contributed by atoms with van der Waals surface area (Å²) < 4.78 is 5.48. The summed E-state index contributed by atoms with van der Waals surface area (Å²) in [6.45, 7) is 0. The van der Waals surface area contributed by atoms with Gasteiger partial charge in [-0.2, -0.15) is 0 Å². The molecule has 2 N–H and O–H groups in total. The molecule has 4 amide bonds. The molecule has 3 atom stereocenters. The molecule has 5 rings (SSSR count). The van der Waals surface area contributed by atoms with Gasteiger partial charge in [0.1, 0.15) is 5.75 Å². The van der Waals surface area contributed by atoms with Crippen LogP contribution in [-0.2, 0) is 16.0 Å². The highest BCUT2D eigenvalue weighted by Gasteiger charge is 2.54. The van der Waals surface area contributed by atoms with Gasteiger partial charge < -0.3 is 15.4 Å². The van der Waals surface area contributed by atoms with Crippen molar-refractivity contribution in [1.82, 2.24) is 5.32 Å². The Morgan fingerprint density at radius 1 is 0.892 bits per heavy atom. The molecule has 0 spiro atoms. The van der Waals surface area contributed by atoms with Gasteiger partial charge in [-0.3, -0.25) is 9.59 Å². The first-order valence-electron chi connectivity index (χ1n) is 11.2. The van der Waals surface area contributed by atoms with E-state index in [0.717, 1.165) is 10.5 Å². The second-order valence-electron chi connectivity index (χ2n) is 8.72. The van der Waals surface area contributed by atoms with E-state index in [4.69, 9.17) is 51.1 Å². The number of carbonyl (C=O) groups excluding carboxylic acids is 3. The number of nitrogens with one attached hydrogen (secondary N) is 2. The molecule has 11 heteroatoms. The molecule has 1 saturated heterocycles. The predicted molar refractivity (Wildman–Crippen MR) is 144 cm³/mol. The molecule has 3 aromatic rings. The molecule has 0 bridgehead atoms. The Morgan fingerprint density at radius 2 is 1.57 bits per heavy atom. The van der Waals surface area contributed by atoms with Crippen LogP contribution in [0.2, 0.25) is 20.1 Å². The number of ether oxygens (including phenoxy) is 1. The minimum absolute atomic E-state index is 0.143. The molecule has 2 aliphatic heterocycles. The van der Waals surface area contributed by atoms with E-state index in [2.05, 4.69) is 10.6 Å². The van der Waals surface area contributed by atoms with Crippen LogP contribution in [0.5, 0.6) is 5.75 Å². The van der Waals surface area contributed by atoms with Gasteiger partial charge in [-0.05, 0) is 53.9 Å². The molecule has 1 fully saturated rings. The van der Waals surface area contributed by atoms with E-state index in [1.54, 1.807) is 12.1 Å². The van der Waals surface area contributed by atoms with Crippen molar-refractivity contribution in [2.24, 2.45) is 5.92 Å². The first kappa shape index (κ1) is 25.7. The van der Waals surface area contributed by atoms with Gasteiger partial charge in [0.15, 0.2) is 0 Å². The second-order valence-corrected chi connectivity index (χ2v) is 10.4. The van der Waals surface area contributed by atoms with Gasteiger partial charge in [-0.25, -0.2) is 9.69 Å². The fraction of sp³-hybridized carbons (Fsp3) is 0.192. The summed E-state index contributed by atoms with van der Waals surface area (Å²) in [7, 11) is 1.54. The van der Waals surface area contributed by atoms with Gasteiger partial charge >= 0.3 is 6.03 Å². The zero-order chi connectivity index (χ0) is 26.4. The highest BCUT2D eigenvalue weighted by Crippen LogP contribution is 2.47. The SMILES string of the molecule is COc1ccccc1CC1NC(=O)Nc2c(Cl)cc(Cl)cc2C2C(=O)N(c3cc(Cl)cc(Cl)c3)C(=O)C12. The van der Waals surface area contributed by atoms with Crippen molar-refractivity contribution in [3.8, 4) is 5.75 Å². The third kappa shape index (κ3) is 4.73. The molecule has 2 heterocycles. The van der Waals surface area contributed by atoms with Crippen LogP contribution in [0.3, 0.4) is 0 Å². The minimum Gasteiger partial charge on any atom is -0.496 e. The maximum absolute atomic E-state index is 14.0. The van der Waals surface area contributed by atoms with Crippen molar-refractivity contribution in [3.05, 3.63) is 85.8 Å². The Balaban J connectivity index is 1.69. The van der Waals surface area contributed by atoms with Crippen molar-refractivity contribution in [3.63, 3.8) is 0 Å². The van der Waals surface area contributed by atoms with E-state index < -0.39 is 35.7 Å². The van der Waals surface area contributed by atoms with Crippen molar-refractivity contribution in [1.29, 1.82) is 0 Å². The number of urea groups is 1. The molecule has 3 unspecified atom stereocenters. The highest BCUT2D eigenvalue weighted by molar-refractivity contribution is 6.38. The number of benzene rings is 3. The fourth-order valence-corrected chi connectivity index (χ4v) is 6.08. The molecule has 0 aliphatic carbocycles. The Morgan fingerprint density at radius 3 is 2.27 bits per heavy atom. The number of methoxy groups -OCH3 is 1. The molecular weight excluding hydrogens is 560 g/mol. The molecular formula is C26H19Cl4N3O4. The number of para-hydroxylation sites is 1. The van der Waals surface area contributed by atoms with E-state index in [1.165, 1.54) is 31.4 Å². The third-order valence-corrected chi connectivity index (χ3v) is 7.45. The average Bonchev–Trinajstić information content (AvgIpc) is 3.08. The van der Waals surface area contributed by atoms with E-state index in [1.807, 2.05) is 18.2 Å². The number of halogens is 4. The summed E-state index contributed by atoms with van der Waals surface area (Å²) in [6.07, 6.45) is 0.214. The van der Waals surface area contributed by atoms with Gasteiger partial charge in [0.25, 0.3) is 0 Å². The first-order chi connectivity index (χ1) is 17.7. The smallest absolute Gasteiger partial charge is 0.319 e. The number of fused-ring (bicyclic) bond motifs is 3. The van der Waals surface area contributed by atoms with Crippen molar-refractivity contribution >= 4 is 75.6 Å². The van der Waals surface area contributed by atoms with E-state index >= 15 is 0 Å². The predicted octanol–water partition coefficient (Wildman–Crippen LogP) is 6.33. The summed E-state index contributed by atoms with van der Waals surface area (Å²) in [5.41, 5.74) is 1.53. The van der Waals surface area contributed by atoms with Gasteiger partial charge in [0.2, 0.25) is 11.8 Å². The lowest BCUT2D eigenvalue weighted by Gasteiger charge is -2.31. The molecule has 37 heavy (non-hydrogen) atoms. The van der Waals surface area contributed by atoms with E-state index in [9.17, 15) is 14.4 Å². The molecule has 190 valence electrons. The monoisotopic (exact) mass is 577 g/mol. The number of nitrogens with zero attached hydrogens (tertiary/aromatic N) is 1. The lowest BCUT2D eigenvalue weighted by molar-refractivity contribution is -0.122. The van der Waals surface area contributed by atoms with Crippen molar-refractivity contribution in [2.45, 2.75) is 18.4 Å². The zero-order valence-electron chi connectivity index (χ0n) is 19.2. The number of imide groups is 1. The Bertz CT molecular complexity index is 1430. The summed E-state index contributed by atoms with van der Waals surface area (Å²) >= 11 is 25.1. The minimum atomic E-state index is -1.01. The largest absolute Gasteiger partial charge is 0.496 e. The summed E-state index contributed by atoms with van der Waals surface area (Å²) in [6, 6.07) is 13.4. The van der Waals surface area contributed by atoms with Crippen LogP contribution in [0.1, 0.15) is 17.0 Å². The average molecular weight is 579 g/mol. The zero-order valence-corrected chi connectivity index (χ0v) is 22.3. The normalized spacial score (nSPS) is 20.9. The van der Waals surface area contributed by atoms with Gasteiger partial charge in [-0.15, -0.1) is 0 Å². The number of hydrogen-bond acceptors (Lipinski definition) is 4. The van der Waals surface area contributed by atoms with Crippen LogP contribution in [0.15, 0.2) is 54.6 Å². The fourth-order valence-electron chi connectivity index (χ4n) is 5.01. The van der Waals surface area contributed by atoms with Gasteiger partial charge in [0, 0.05) is 21.1 Å². The van der Waals surface area contributed by atoms with Crippen LogP contribution in [-0.4, -0.2) is 31.0 Å². The number of hydrogen-bond donors (Lipinski definition) is 2. The Kier molecular flexibility index (Phi) is 6.98. The van der Waals surface area contributed by atoms with Gasteiger partial charge in [0.05, 0.1) is 35.3 Å². The maximum Gasteiger partial charge on any atom is 0.319 e. The topological polar surface area (TPSA) is 87.7 Å². The number of amides is 4. The number of anilines is 2. The van der Waals surface area contributed by atoms with Crippen molar-refractivity contribution < 1.29 is 19.1 Å². The standard InChI is InChI=1S/C26H19Cl4N3O4/c1-37-20-5-3-2-4-12(20)6-19-22-21(17-10-15(29)11-18(30)23(17)32-26(36)31-19)24(34)33(25(22)35)16-8-13(27)7-14(28)9-16/h2-5,7-11,19,21-22H,6H2,1H3,(H2,31,32,36). The highest BCUT2D eigenvalue weighted by atomic mass is 35.5. The second kappa shape index (κ2) is 10.1. The van der Waals surface area contributed by atoms with Crippen LogP contribution >= 0.6 is 46.4 Å². The maximum atomic E-state index is 14.0. The lowest BCUT2D eigenvalue weighted by Crippen LogP contribution is -2.49. The quantitative estimate of drug-likeness (QED) is 0.354. The van der Waals surface area contributed by atoms with E-state index in [0.29, 0.717) is 11.3 Å². The molecule has 3 aromatic carbocycles. The van der Waals surface area contributed by atoms with Crippen LogP contribution in [0.4, 0.5) is 16.2 Å². The molecule has 2 aliphatic rings. The Hall–Kier alpha value is -2.97. The van der Waals surface area contributed by atoms with Crippen LogP contribution in [0, 0.1) is 5.92 Å². The molecule has 0 radical (unpaired) electrons. The molecule has 7 nitrogen and oxygen atoms in total. The van der Waals surface area contributed by atoms with E-state index in [-0.39, 0.29) is 37.9 Å². The first-order valence-corrected chi connectivity index (χ1v) is 12.7. The lowest BCUT2D eigenvalue weighted by atomic mass is 9.79. The summed E-state index contributed by atoms with van der Waals surface area (Å²) in [4.78, 5) is 42.1. The third-order valence-electron chi connectivity index (χ3n) is 6.50. The van der Waals surface area contributed by atoms with Crippen LogP contribution in [0.25, 0.3) is 0 Å². The van der Waals surface area contributed by atoms with Crippen molar-refractivity contribution in [2.75, 3.05) is 17.3 Å². The molecule has 0 saturated carbocycles. The summed E-state index contributed by atoms with van der Waals surface area (Å²) in [5.74, 6) is -2.45. The number of carbonyl (C=O) groups is 3. The number of rotatable bonds is 4. The summed E-state index contributed by atoms with van der Waals surface area (Å²) in [5, 5.41) is 6.53. The van der Waals surface area contributed by atoms with Gasteiger partial charge in [-0.1, -0.05) is 64.6 Å². The van der Waals surface area contributed by atoms with Crippen LogP contribution < -0.4 is 20.3 Å². The molecule has 0 aromatic heterocycles. The Labute approximate surface area is 232 Å².